The largest absolute Gasteiger partial charge is 0.480 e. The Bertz CT molecular complexity index is 478. The Labute approximate surface area is 97.9 Å². The zero-order chi connectivity index (χ0) is 13.0. The summed E-state index contributed by atoms with van der Waals surface area (Å²) >= 11 is 0. The van der Waals surface area contributed by atoms with Crippen molar-refractivity contribution < 1.29 is 14.7 Å². The summed E-state index contributed by atoms with van der Waals surface area (Å²) in [6.07, 6.45) is 2.69. The minimum atomic E-state index is -1.11. The predicted molar refractivity (Wildman–Crippen MR) is 60.9 cm³/mol. The molecule has 0 fully saturated rings. The Morgan fingerprint density at radius 3 is 2.59 bits per heavy atom. The lowest BCUT2D eigenvalue weighted by Gasteiger charge is -2.24. The highest BCUT2D eigenvalue weighted by molar-refractivity contribution is 5.95. The van der Waals surface area contributed by atoms with Crippen LogP contribution in [0, 0.1) is 0 Å². The number of H-pyrrole nitrogens is 1. The van der Waals surface area contributed by atoms with Crippen LogP contribution in [0.4, 0.5) is 0 Å². The van der Waals surface area contributed by atoms with Gasteiger partial charge in [-0.2, -0.15) is 0 Å². The lowest BCUT2D eigenvalue weighted by atomic mass is 10.2. The van der Waals surface area contributed by atoms with E-state index in [1.165, 1.54) is 18.5 Å². The van der Waals surface area contributed by atoms with Crippen molar-refractivity contribution in [1.29, 1.82) is 0 Å². The maximum Gasteiger partial charge on any atom is 0.323 e. The maximum atomic E-state index is 12.0. The quantitative estimate of drug-likeness (QED) is 0.789. The molecule has 2 N–H and O–H groups in total. The number of carboxylic acid groups (broad SMARTS) is 1. The number of hydrogen-bond donors (Lipinski definition) is 2. The van der Waals surface area contributed by atoms with Gasteiger partial charge in [-0.05, 0) is 13.8 Å². The molecule has 92 valence electrons. The summed E-state index contributed by atoms with van der Waals surface area (Å²) in [4.78, 5) is 37.9. The number of amides is 1. The molecule has 0 saturated heterocycles. The van der Waals surface area contributed by atoms with E-state index < -0.39 is 23.9 Å². The molecule has 1 amide bonds. The lowest BCUT2D eigenvalue weighted by Crippen LogP contribution is -2.42. The maximum absolute atomic E-state index is 12.0. The van der Waals surface area contributed by atoms with E-state index in [4.69, 9.17) is 5.11 Å². The SMILES string of the molecule is CC(C)N(CC(=O)O)C(=O)c1c[nH]ccc1=O. The number of carbonyl (C=O) groups excluding carboxylic acids is 1. The number of aromatic nitrogens is 1. The number of nitrogens with one attached hydrogen (secondary N) is 1. The van der Waals surface area contributed by atoms with E-state index in [0.717, 1.165) is 4.90 Å². The number of carbonyl (C=O) groups is 2. The molecule has 17 heavy (non-hydrogen) atoms. The molecule has 0 unspecified atom stereocenters. The fourth-order valence-electron chi connectivity index (χ4n) is 1.37. The molecule has 6 nitrogen and oxygen atoms in total. The minimum Gasteiger partial charge on any atom is -0.480 e. The number of rotatable bonds is 4. The lowest BCUT2D eigenvalue weighted by molar-refractivity contribution is -0.138. The van der Waals surface area contributed by atoms with E-state index in [1.54, 1.807) is 13.8 Å². The number of aliphatic carboxylic acids is 1. The van der Waals surface area contributed by atoms with Crippen LogP contribution >= 0.6 is 0 Å². The van der Waals surface area contributed by atoms with Gasteiger partial charge in [0, 0.05) is 24.5 Å². The fourth-order valence-corrected chi connectivity index (χ4v) is 1.37. The van der Waals surface area contributed by atoms with E-state index in [0.29, 0.717) is 0 Å². The van der Waals surface area contributed by atoms with Gasteiger partial charge >= 0.3 is 5.97 Å². The second-order valence-corrected chi connectivity index (χ2v) is 3.84. The third-order valence-corrected chi connectivity index (χ3v) is 2.24. The normalized spacial score (nSPS) is 10.3. The van der Waals surface area contributed by atoms with Crippen LogP contribution in [0.3, 0.4) is 0 Å². The molecule has 6 heteroatoms. The van der Waals surface area contributed by atoms with E-state index in [2.05, 4.69) is 4.98 Å². The highest BCUT2D eigenvalue weighted by atomic mass is 16.4. The summed E-state index contributed by atoms with van der Waals surface area (Å²) in [5.41, 5.74) is -0.479. The van der Waals surface area contributed by atoms with Crippen molar-refractivity contribution >= 4 is 11.9 Å². The van der Waals surface area contributed by atoms with Gasteiger partial charge in [0.2, 0.25) is 0 Å². The third kappa shape index (κ3) is 3.17. The topological polar surface area (TPSA) is 90.5 Å². The van der Waals surface area contributed by atoms with Crippen molar-refractivity contribution in [3.63, 3.8) is 0 Å². The summed E-state index contributed by atoms with van der Waals surface area (Å²) < 4.78 is 0. The molecular weight excluding hydrogens is 224 g/mol. The number of hydrogen-bond acceptors (Lipinski definition) is 3. The van der Waals surface area contributed by atoms with Crippen molar-refractivity contribution in [2.75, 3.05) is 6.54 Å². The van der Waals surface area contributed by atoms with Crippen LogP contribution < -0.4 is 5.43 Å². The van der Waals surface area contributed by atoms with Crippen LogP contribution in [0.2, 0.25) is 0 Å². The van der Waals surface area contributed by atoms with Crippen molar-refractivity contribution in [2.45, 2.75) is 19.9 Å². The first-order chi connectivity index (χ1) is 7.93. The average Bonchev–Trinajstić information content (AvgIpc) is 2.25. The molecule has 0 aliphatic rings. The molecule has 0 radical (unpaired) electrons. The Hall–Kier alpha value is -2.11. The van der Waals surface area contributed by atoms with Gasteiger partial charge in [-0.15, -0.1) is 0 Å². The third-order valence-electron chi connectivity index (χ3n) is 2.24. The van der Waals surface area contributed by atoms with Crippen molar-refractivity contribution in [1.82, 2.24) is 9.88 Å². The minimum absolute atomic E-state index is 0.0533. The van der Waals surface area contributed by atoms with Crippen molar-refractivity contribution in [3.05, 3.63) is 34.2 Å². The molecule has 0 aliphatic heterocycles. The molecule has 0 bridgehead atoms. The first kappa shape index (κ1) is 13.0. The summed E-state index contributed by atoms with van der Waals surface area (Å²) in [7, 11) is 0. The Morgan fingerprint density at radius 2 is 2.12 bits per heavy atom. The molecule has 0 aliphatic carbocycles. The van der Waals surface area contributed by atoms with Gasteiger partial charge in [-0.1, -0.05) is 0 Å². The standard InChI is InChI=1S/C11H14N2O4/c1-7(2)13(6-10(15)16)11(17)8-5-12-4-3-9(8)14/h3-5,7H,6H2,1-2H3,(H,12,14)(H,15,16). The molecule has 0 spiro atoms. The number of nitrogens with zero attached hydrogens (tertiary/aromatic N) is 1. The summed E-state index contributed by atoms with van der Waals surface area (Å²) in [6, 6.07) is 0.935. The number of carboxylic acids is 1. The van der Waals surface area contributed by atoms with Crippen LogP contribution in [0.15, 0.2) is 23.3 Å². The first-order valence-corrected chi connectivity index (χ1v) is 5.13. The van der Waals surface area contributed by atoms with Gasteiger partial charge in [0.05, 0.1) is 0 Å². The second-order valence-electron chi connectivity index (χ2n) is 3.84. The number of pyridine rings is 1. The Balaban J connectivity index is 3.04. The van der Waals surface area contributed by atoms with Gasteiger partial charge in [-0.25, -0.2) is 0 Å². The van der Waals surface area contributed by atoms with E-state index in [-0.39, 0.29) is 11.6 Å². The van der Waals surface area contributed by atoms with Gasteiger partial charge in [0.25, 0.3) is 5.91 Å². The van der Waals surface area contributed by atoms with Crippen LogP contribution in [0.1, 0.15) is 24.2 Å². The van der Waals surface area contributed by atoms with Crippen LogP contribution in [-0.2, 0) is 4.79 Å². The van der Waals surface area contributed by atoms with Crippen LogP contribution in [0.5, 0.6) is 0 Å². The average molecular weight is 238 g/mol. The molecule has 1 rings (SSSR count). The van der Waals surface area contributed by atoms with Gasteiger partial charge in [0.15, 0.2) is 5.43 Å². The molecule has 1 aromatic heterocycles. The zero-order valence-electron chi connectivity index (χ0n) is 9.64. The molecule has 0 saturated carbocycles. The predicted octanol–water partition coefficient (Wildman–Crippen LogP) is 0.310. The molecule has 0 atom stereocenters. The van der Waals surface area contributed by atoms with Crippen molar-refractivity contribution in [2.24, 2.45) is 0 Å². The summed E-state index contributed by atoms with van der Waals surface area (Å²) in [6.45, 7) is 2.96. The van der Waals surface area contributed by atoms with Gasteiger partial charge in [-0.3, -0.25) is 14.4 Å². The highest BCUT2D eigenvalue weighted by Crippen LogP contribution is 2.04. The summed E-state index contributed by atoms with van der Waals surface area (Å²) in [5.74, 6) is -1.69. The van der Waals surface area contributed by atoms with Crippen LogP contribution in [-0.4, -0.2) is 39.5 Å². The van der Waals surface area contributed by atoms with Crippen LogP contribution in [0.25, 0.3) is 0 Å². The van der Waals surface area contributed by atoms with E-state index in [1.807, 2.05) is 0 Å². The van der Waals surface area contributed by atoms with Crippen molar-refractivity contribution in [3.8, 4) is 0 Å². The molecule has 1 heterocycles. The zero-order valence-corrected chi connectivity index (χ0v) is 9.64. The fraction of sp³-hybridized carbons (Fsp3) is 0.364. The molecule has 1 aromatic rings. The molecular formula is C11H14N2O4. The van der Waals surface area contributed by atoms with Gasteiger partial charge < -0.3 is 15.0 Å². The van der Waals surface area contributed by atoms with Gasteiger partial charge in [0.1, 0.15) is 12.1 Å². The van der Waals surface area contributed by atoms with E-state index in [9.17, 15) is 14.4 Å². The second kappa shape index (κ2) is 5.29. The summed E-state index contributed by atoms with van der Waals surface area (Å²) in [5, 5.41) is 8.72. The van der Waals surface area contributed by atoms with E-state index >= 15 is 0 Å². The molecule has 0 aromatic carbocycles. The Morgan fingerprint density at radius 1 is 1.47 bits per heavy atom. The smallest absolute Gasteiger partial charge is 0.323 e. The number of aromatic amines is 1. The monoisotopic (exact) mass is 238 g/mol. The highest BCUT2D eigenvalue weighted by Gasteiger charge is 2.22. The Kier molecular flexibility index (Phi) is 4.03. The first-order valence-electron chi connectivity index (χ1n) is 5.13.